The summed E-state index contributed by atoms with van der Waals surface area (Å²) in [7, 11) is 0. The lowest BCUT2D eigenvalue weighted by Gasteiger charge is -2.09. The molecule has 0 unspecified atom stereocenters. The Morgan fingerprint density at radius 1 is 1.00 bits per heavy atom. The molecule has 0 bridgehead atoms. The van der Waals surface area contributed by atoms with Crippen LogP contribution in [0, 0.1) is 6.92 Å². The first kappa shape index (κ1) is 18.5. The molecule has 5 nitrogen and oxygen atoms in total. The standard InChI is InChI=1S/C22H23N5S/c1-3-27-21(19-11-7-8-17(2)14-19)24-25-22(27)28-16-20-23-12-13-26(20)15-18-9-5-4-6-10-18/h4-14H,3,15-16H2,1-2H3. The van der Waals surface area contributed by atoms with Gasteiger partial charge >= 0.3 is 0 Å². The fourth-order valence-corrected chi connectivity index (χ4v) is 4.18. The maximum Gasteiger partial charge on any atom is 0.191 e. The van der Waals surface area contributed by atoms with E-state index in [0.29, 0.717) is 0 Å². The smallest absolute Gasteiger partial charge is 0.191 e. The van der Waals surface area contributed by atoms with E-state index in [1.807, 2.05) is 18.5 Å². The van der Waals surface area contributed by atoms with Gasteiger partial charge in [0.25, 0.3) is 0 Å². The average molecular weight is 390 g/mol. The molecule has 6 heteroatoms. The first-order valence-corrected chi connectivity index (χ1v) is 10.4. The van der Waals surface area contributed by atoms with Crippen molar-refractivity contribution in [2.24, 2.45) is 0 Å². The van der Waals surface area contributed by atoms with Crippen LogP contribution in [0.3, 0.4) is 0 Å². The van der Waals surface area contributed by atoms with Crippen LogP contribution >= 0.6 is 11.8 Å². The van der Waals surface area contributed by atoms with Crippen LogP contribution in [0.25, 0.3) is 11.4 Å². The van der Waals surface area contributed by atoms with Crippen LogP contribution in [-0.4, -0.2) is 24.3 Å². The minimum atomic E-state index is 0.756. The van der Waals surface area contributed by atoms with Crippen LogP contribution in [-0.2, 0) is 18.8 Å². The summed E-state index contributed by atoms with van der Waals surface area (Å²) in [6.45, 7) is 5.88. The van der Waals surface area contributed by atoms with Crippen LogP contribution in [0.15, 0.2) is 72.1 Å². The molecule has 2 aromatic heterocycles. The molecule has 0 amide bonds. The van der Waals surface area contributed by atoms with Gasteiger partial charge in [-0.15, -0.1) is 10.2 Å². The molecule has 0 aliphatic rings. The van der Waals surface area contributed by atoms with E-state index < -0.39 is 0 Å². The molecule has 0 saturated heterocycles. The minimum absolute atomic E-state index is 0.756. The molecular weight excluding hydrogens is 366 g/mol. The van der Waals surface area contributed by atoms with Crippen molar-refractivity contribution < 1.29 is 0 Å². The van der Waals surface area contributed by atoms with Crippen molar-refractivity contribution in [2.45, 2.75) is 37.8 Å². The van der Waals surface area contributed by atoms with Crippen molar-refractivity contribution in [3.63, 3.8) is 0 Å². The summed E-state index contributed by atoms with van der Waals surface area (Å²) >= 11 is 1.68. The largest absolute Gasteiger partial charge is 0.330 e. The van der Waals surface area contributed by atoms with Gasteiger partial charge in [-0.2, -0.15) is 0 Å². The van der Waals surface area contributed by atoms with Gasteiger partial charge in [-0.3, -0.25) is 0 Å². The van der Waals surface area contributed by atoms with E-state index in [1.165, 1.54) is 11.1 Å². The Morgan fingerprint density at radius 3 is 2.64 bits per heavy atom. The van der Waals surface area contributed by atoms with Crippen LogP contribution in [0.5, 0.6) is 0 Å². The second-order valence-electron chi connectivity index (χ2n) is 6.67. The third-order valence-electron chi connectivity index (χ3n) is 4.64. The zero-order valence-corrected chi connectivity index (χ0v) is 16.9. The lowest BCUT2D eigenvalue weighted by molar-refractivity contribution is 0.686. The second kappa shape index (κ2) is 8.44. The highest BCUT2D eigenvalue weighted by Crippen LogP contribution is 2.26. The predicted molar refractivity (Wildman–Crippen MR) is 113 cm³/mol. The van der Waals surface area contributed by atoms with E-state index in [4.69, 9.17) is 0 Å². The molecule has 142 valence electrons. The molecule has 0 radical (unpaired) electrons. The van der Waals surface area contributed by atoms with E-state index in [1.54, 1.807) is 11.8 Å². The highest BCUT2D eigenvalue weighted by atomic mass is 32.2. The van der Waals surface area contributed by atoms with Gasteiger partial charge in [0.1, 0.15) is 5.82 Å². The molecule has 0 fully saturated rings. The van der Waals surface area contributed by atoms with Crippen LogP contribution < -0.4 is 0 Å². The second-order valence-corrected chi connectivity index (χ2v) is 7.61. The Bertz CT molecular complexity index is 1050. The SMILES string of the molecule is CCn1c(SCc2nccn2Cc2ccccc2)nnc1-c1cccc(C)c1. The van der Waals surface area contributed by atoms with Crippen LogP contribution in [0.1, 0.15) is 23.9 Å². The zero-order chi connectivity index (χ0) is 19.3. The third-order valence-corrected chi connectivity index (χ3v) is 5.60. The first-order chi connectivity index (χ1) is 13.7. The van der Waals surface area contributed by atoms with Crippen molar-refractivity contribution in [1.29, 1.82) is 0 Å². The van der Waals surface area contributed by atoms with Crippen LogP contribution in [0.4, 0.5) is 0 Å². The highest BCUT2D eigenvalue weighted by molar-refractivity contribution is 7.98. The van der Waals surface area contributed by atoms with Crippen molar-refractivity contribution in [3.8, 4) is 11.4 Å². The van der Waals surface area contributed by atoms with Crippen molar-refractivity contribution >= 4 is 11.8 Å². The molecule has 0 aliphatic carbocycles. The molecule has 2 aromatic carbocycles. The van der Waals surface area contributed by atoms with Gasteiger partial charge in [0.05, 0.1) is 5.75 Å². The summed E-state index contributed by atoms with van der Waals surface area (Å²) in [6.07, 6.45) is 3.90. The summed E-state index contributed by atoms with van der Waals surface area (Å²) in [5.41, 5.74) is 3.59. The normalized spacial score (nSPS) is 11.1. The van der Waals surface area contributed by atoms with Crippen molar-refractivity contribution in [2.75, 3.05) is 0 Å². The Morgan fingerprint density at radius 2 is 1.86 bits per heavy atom. The summed E-state index contributed by atoms with van der Waals surface area (Å²) in [5, 5.41) is 9.82. The fourth-order valence-electron chi connectivity index (χ4n) is 3.21. The monoisotopic (exact) mass is 389 g/mol. The van der Waals surface area contributed by atoms with Crippen molar-refractivity contribution in [1.82, 2.24) is 24.3 Å². The summed E-state index contributed by atoms with van der Waals surface area (Å²) in [4.78, 5) is 4.54. The molecule has 2 heterocycles. The number of benzene rings is 2. The number of nitrogens with zero attached hydrogens (tertiary/aromatic N) is 5. The average Bonchev–Trinajstić information content (AvgIpc) is 3.33. The Hall–Kier alpha value is -2.86. The lowest BCUT2D eigenvalue weighted by atomic mass is 10.1. The van der Waals surface area contributed by atoms with E-state index in [-0.39, 0.29) is 0 Å². The van der Waals surface area contributed by atoms with Gasteiger partial charge < -0.3 is 9.13 Å². The van der Waals surface area contributed by atoms with E-state index in [2.05, 4.69) is 86.7 Å². The summed E-state index contributed by atoms with van der Waals surface area (Å²) in [6, 6.07) is 18.8. The lowest BCUT2D eigenvalue weighted by Crippen LogP contribution is -2.04. The minimum Gasteiger partial charge on any atom is -0.330 e. The maximum absolute atomic E-state index is 4.54. The maximum atomic E-state index is 4.54. The molecule has 4 aromatic rings. The Kier molecular flexibility index (Phi) is 5.58. The van der Waals surface area contributed by atoms with Gasteiger partial charge in [-0.05, 0) is 25.5 Å². The Labute approximate surface area is 169 Å². The highest BCUT2D eigenvalue weighted by Gasteiger charge is 2.14. The third kappa shape index (κ3) is 4.02. The summed E-state index contributed by atoms with van der Waals surface area (Å²) < 4.78 is 4.36. The van der Waals surface area contributed by atoms with Gasteiger partial charge in [-0.1, -0.05) is 65.9 Å². The topological polar surface area (TPSA) is 48.5 Å². The number of hydrogen-bond acceptors (Lipinski definition) is 4. The number of aryl methyl sites for hydroxylation is 1. The molecular formula is C22H23N5S. The molecule has 0 aliphatic heterocycles. The number of hydrogen-bond donors (Lipinski definition) is 0. The van der Waals surface area contributed by atoms with E-state index >= 15 is 0 Å². The molecule has 0 N–H and O–H groups in total. The van der Waals surface area contributed by atoms with E-state index in [9.17, 15) is 0 Å². The number of rotatable bonds is 7. The number of aromatic nitrogens is 5. The Balaban J connectivity index is 1.51. The molecule has 4 rings (SSSR count). The van der Waals surface area contributed by atoms with Gasteiger partial charge in [0.2, 0.25) is 0 Å². The van der Waals surface area contributed by atoms with E-state index in [0.717, 1.165) is 41.2 Å². The molecule has 0 saturated carbocycles. The van der Waals surface area contributed by atoms with Crippen molar-refractivity contribution in [3.05, 3.63) is 83.9 Å². The fraction of sp³-hybridized carbons (Fsp3) is 0.227. The predicted octanol–water partition coefficient (Wildman–Crippen LogP) is 4.81. The molecule has 0 atom stereocenters. The van der Waals surface area contributed by atoms with Crippen LogP contribution in [0.2, 0.25) is 0 Å². The zero-order valence-electron chi connectivity index (χ0n) is 16.1. The quantitative estimate of drug-likeness (QED) is 0.426. The molecule has 28 heavy (non-hydrogen) atoms. The molecule has 0 spiro atoms. The summed E-state index contributed by atoms with van der Waals surface area (Å²) in [5.74, 6) is 2.71. The first-order valence-electron chi connectivity index (χ1n) is 9.41. The van der Waals surface area contributed by atoms with Gasteiger partial charge in [0, 0.05) is 31.0 Å². The van der Waals surface area contributed by atoms with Gasteiger partial charge in [-0.25, -0.2) is 4.98 Å². The number of thioether (sulfide) groups is 1. The number of imidazole rings is 1. The van der Waals surface area contributed by atoms with Gasteiger partial charge in [0.15, 0.2) is 11.0 Å².